The van der Waals surface area contributed by atoms with Gasteiger partial charge in [-0.15, -0.1) is 0 Å². The number of carbonyl (C=O) groups excluding carboxylic acids is 3. The maximum atomic E-state index is 12.6. The van der Waals surface area contributed by atoms with E-state index in [1.807, 2.05) is 6.07 Å². The number of ether oxygens (including phenoxy) is 3. The van der Waals surface area contributed by atoms with E-state index >= 15 is 0 Å². The molecule has 1 saturated heterocycles. The Morgan fingerprint density at radius 3 is 2.32 bits per heavy atom. The molecule has 3 amide bonds. The number of cyclic esters (lactones) is 1. The first-order valence-corrected chi connectivity index (χ1v) is 10.5. The topological polar surface area (TPSA) is 106 Å². The highest BCUT2D eigenvalue weighted by Gasteiger charge is 2.23. The van der Waals surface area contributed by atoms with Crippen molar-refractivity contribution in [3.05, 3.63) is 78.4 Å². The first-order chi connectivity index (χ1) is 16.5. The average molecular weight is 461 g/mol. The third kappa shape index (κ3) is 5.44. The van der Waals surface area contributed by atoms with Crippen LogP contribution >= 0.6 is 0 Å². The molecule has 0 aliphatic carbocycles. The van der Waals surface area contributed by atoms with E-state index < -0.39 is 6.09 Å². The van der Waals surface area contributed by atoms with Gasteiger partial charge >= 0.3 is 6.09 Å². The summed E-state index contributed by atoms with van der Waals surface area (Å²) in [6.07, 6.45) is -0.399. The molecule has 0 saturated carbocycles. The highest BCUT2D eigenvalue weighted by atomic mass is 16.6. The summed E-state index contributed by atoms with van der Waals surface area (Å²) in [4.78, 5) is 38.1. The summed E-state index contributed by atoms with van der Waals surface area (Å²) in [5, 5.41) is 5.54. The molecule has 1 fully saturated rings. The number of rotatable bonds is 8. The Kier molecular flexibility index (Phi) is 6.92. The van der Waals surface area contributed by atoms with Crippen LogP contribution in [0.3, 0.4) is 0 Å². The van der Waals surface area contributed by atoms with Crippen molar-refractivity contribution < 1.29 is 28.6 Å². The van der Waals surface area contributed by atoms with Gasteiger partial charge in [-0.3, -0.25) is 14.5 Å². The third-order valence-electron chi connectivity index (χ3n) is 5.03. The van der Waals surface area contributed by atoms with Gasteiger partial charge in [-0.05, 0) is 54.6 Å². The van der Waals surface area contributed by atoms with Crippen LogP contribution in [0.15, 0.2) is 72.8 Å². The summed E-state index contributed by atoms with van der Waals surface area (Å²) in [7, 11) is 1.53. The first kappa shape index (κ1) is 22.7. The molecule has 0 unspecified atom stereocenters. The normalized spacial score (nSPS) is 12.6. The molecule has 0 bridgehead atoms. The predicted molar refractivity (Wildman–Crippen MR) is 127 cm³/mol. The third-order valence-corrected chi connectivity index (χ3v) is 5.03. The molecule has 1 heterocycles. The van der Waals surface area contributed by atoms with Gasteiger partial charge in [0.15, 0.2) is 18.1 Å². The van der Waals surface area contributed by atoms with E-state index in [4.69, 9.17) is 14.2 Å². The second-order valence-electron chi connectivity index (χ2n) is 7.34. The zero-order valence-electron chi connectivity index (χ0n) is 18.4. The van der Waals surface area contributed by atoms with E-state index in [0.29, 0.717) is 47.3 Å². The molecular weight excluding hydrogens is 438 g/mol. The summed E-state index contributed by atoms with van der Waals surface area (Å²) in [5.41, 5.74) is 2.12. The monoisotopic (exact) mass is 461 g/mol. The van der Waals surface area contributed by atoms with Crippen molar-refractivity contribution in [2.45, 2.75) is 0 Å². The molecule has 174 valence electrons. The Morgan fingerprint density at radius 2 is 1.65 bits per heavy atom. The van der Waals surface area contributed by atoms with Gasteiger partial charge in [-0.25, -0.2) is 4.79 Å². The van der Waals surface area contributed by atoms with Crippen LogP contribution in [0.4, 0.5) is 21.9 Å². The molecule has 0 spiro atoms. The molecule has 34 heavy (non-hydrogen) atoms. The lowest BCUT2D eigenvalue weighted by Gasteiger charge is -2.13. The Labute approximate surface area is 196 Å². The molecule has 1 aliphatic rings. The zero-order valence-corrected chi connectivity index (χ0v) is 18.4. The summed E-state index contributed by atoms with van der Waals surface area (Å²) in [6, 6.07) is 20.5. The average Bonchev–Trinajstić information content (AvgIpc) is 3.29. The standard InChI is InChI=1S/C25H23N3O6/c1-32-21-7-2-3-8-22(21)34-16-23(29)26-18-5-4-6-19(15-18)27-24(30)17-9-11-20(12-10-17)28-13-14-33-25(28)31/h2-12,15H,13-14,16H2,1H3,(H,26,29)(H,27,30). The number of amides is 3. The molecule has 4 rings (SSSR count). The van der Waals surface area contributed by atoms with Crippen molar-refractivity contribution in [2.24, 2.45) is 0 Å². The van der Waals surface area contributed by atoms with Crippen molar-refractivity contribution in [3.8, 4) is 11.5 Å². The van der Waals surface area contributed by atoms with Crippen LogP contribution in [0.5, 0.6) is 11.5 Å². The van der Waals surface area contributed by atoms with Gasteiger partial charge in [0.1, 0.15) is 6.61 Å². The molecule has 9 nitrogen and oxygen atoms in total. The Hall–Kier alpha value is -4.53. The van der Waals surface area contributed by atoms with Gasteiger partial charge in [-0.2, -0.15) is 0 Å². The number of hydrogen-bond acceptors (Lipinski definition) is 6. The fourth-order valence-corrected chi connectivity index (χ4v) is 3.38. The van der Waals surface area contributed by atoms with Crippen LogP contribution in [0, 0.1) is 0 Å². The minimum atomic E-state index is -0.399. The molecule has 3 aromatic rings. The summed E-state index contributed by atoms with van der Waals surface area (Å²) in [5.74, 6) is 0.325. The number of carbonyl (C=O) groups is 3. The quantitative estimate of drug-likeness (QED) is 0.527. The fraction of sp³-hybridized carbons (Fsp3) is 0.160. The number of nitrogens with zero attached hydrogens (tertiary/aromatic N) is 1. The van der Waals surface area contributed by atoms with Crippen LogP contribution in [0.1, 0.15) is 10.4 Å². The van der Waals surface area contributed by atoms with E-state index in [0.717, 1.165) is 0 Å². The van der Waals surface area contributed by atoms with Crippen LogP contribution in [-0.2, 0) is 9.53 Å². The number of nitrogens with one attached hydrogen (secondary N) is 2. The molecule has 3 aromatic carbocycles. The summed E-state index contributed by atoms with van der Waals surface area (Å²) >= 11 is 0. The molecule has 2 N–H and O–H groups in total. The molecule has 0 radical (unpaired) electrons. The molecular formula is C25H23N3O6. The maximum Gasteiger partial charge on any atom is 0.414 e. The van der Waals surface area contributed by atoms with Crippen LogP contribution < -0.4 is 25.0 Å². The van der Waals surface area contributed by atoms with Crippen molar-refractivity contribution in [2.75, 3.05) is 42.4 Å². The van der Waals surface area contributed by atoms with Crippen molar-refractivity contribution in [1.29, 1.82) is 0 Å². The minimum absolute atomic E-state index is 0.201. The number of benzene rings is 3. The Balaban J connectivity index is 1.33. The van der Waals surface area contributed by atoms with E-state index in [9.17, 15) is 14.4 Å². The van der Waals surface area contributed by atoms with Crippen LogP contribution in [0.2, 0.25) is 0 Å². The Morgan fingerprint density at radius 1 is 0.941 bits per heavy atom. The number of para-hydroxylation sites is 2. The second-order valence-corrected chi connectivity index (χ2v) is 7.34. The van der Waals surface area contributed by atoms with Crippen molar-refractivity contribution >= 4 is 35.0 Å². The van der Waals surface area contributed by atoms with E-state index in [1.54, 1.807) is 66.7 Å². The largest absolute Gasteiger partial charge is 0.493 e. The summed E-state index contributed by atoms with van der Waals surface area (Å²) in [6.45, 7) is 0.626. The van der Waals surface area contributed by atoms with Gasteiger partial charge < -0.3 is 24.8 Å². The predicted octanol–water partition coefficient (Wildman–Crippen LogP) is 3.92. The lowest BCUT2D eigenvalue weighted by atomic mass is 10.1. The van der Waals surface area contributed by atoms with Crippen molar-refractivity contribution in [3.63, 3.8) is 0 Å². The smallest absolute Gasteiger partial charge is 0.414 e. The van der Waals surface area contributed by atoms with Gasteiger partial charge in [0.05, 0.1) is 13.7 Å². The molecule has 0 atom stereocenters. The van der Waals surface area contributed by atoms with E-state index in [2.05, 4.69) is 10.6 Å². The highest BCUT2D eigenvalue weighted by Crippen LogP contribution is 2.26. The number of hydrogen-bond donors (Lipinski definition) is 2. The van der Waals surface area contributed by atoms with Gasteiger partial charge in [0.25, 0.3) is 11.8 Å². The second kappa shape index (κ2) is 10.4. The molecule has 9 heteroatoms. The SMILES string of the molecule is COc1ccccc1OCC(=O)Nc1cccc(NC(=O)c2ccc(N3CCOC3=O)cc2)c1. The fourth-order valence-electron chi connectivity index (χ4n) is 3.38. The van der Waals surface area contributed by atoms with Crippen LogP contribution in [-0.4, -0.2) is 44.8 Å². The maximum absolute atomic E-state index is 12.6. The van der Waals surface area contributed by atoms with Crippen LogP contribution in [0.25, 0.3) is 0 Å². The lowest BCUT2D eigenvalue weighted by molar-refractivity contribution is -0.118. The Bertz CT molecular complexity index is 1200. The number of anilines is 3. The minimum Gasteiger partial charge on any atom is -0.493 e. The first-order valence-electron chi connectivity index (χ1n) is 10.5. The highest BCUT2D eigenvalue weighted by molar-refractivity contribution is 6.05. The van der Waals surface area contributed by atoms with Crippen molar-refractivity contribution in [1.82, 2.24) is 0 Å². The number of methoxy groups -OCH3 is 1. The molecule has 1 aliphatic heterocycles. The van der Waals surface area contributed by atoms with Gasteiger partial charge in [0, 0.05) is 22.6 Å². The lowest BCUT2D eigenvalue weighted by Crippen LogP contribution is -2.23. The summed E-state index contributed by atoms with van der Waals surface area (Å²) < 4.78 is 15.7. The van der Waals surface area contributed by atoms with E-state index in [1.165, 1.54) is 12.0 Å². The van der Waals surface area contributed by atoms with Gasteiger partial charge in [-0.1, -0.05) is 18.2 Å². The van der Waals surface area contributed by atoms with Gasteiger partial charge in [0.2, 0.25) is 0 Å². The van der Waals surface area contributed by atoms with E-state index in [-0.39, 0.29) is 18.4 Å². The molecule has 0 aromatic heterocycles. The zero-order chi connectivity index (χ0) is 23.9.